The molecule has 2 aromatic rings. The number of benzene rings is 2. The number of nitro groups is 1. The highest BCUT2D eigenvalue weighted by atomic mass is 127. The molecule has 1 amide bonds. The van der Waals surface area contributed by atoms with Crippen LogP contribution in [0.4, 0.5) is 17.1 Å². The van der Waals surface area contributed by atoms with Gasteiger partial charge in [-0.2, -0.15) is 0 Å². The van der Waals surface area contributed by atoms with Gasteiger partial charge < -0.3 is 15.5 Å². The summed E-state index contributed by atoms with van der Waals surface area (Å²) in [5.41, 5.74) is 1.21. The van der Waals surface area contributed by atoms with Crippen molar-refractivity contribution in [3.63, 3.8) is 0 Å². The zero-order chi connectivity index (χ0) is 18.7. The molecule has 1 aliphatic heterocycles. The Bertz CT molecular complexity index is 856. The van der Waals surface area contributed by atoms with Crippen LogP contribution in [0, 0.1) is 13.7 Å². The molecule has 0 aliphatic carbocycles. The Morgan fingerprint density at radius 3 is 2.65 bits per heavy atom. The van der Waals surface area contributed by atoms with Crippen LogP contribution in [0.2, 0.25) is 5.02 Å². The van der Waals surface area contributed by atoms with Gasteiger partial charge in [0.05, 0.1) is 15.5 Å². The van der Waals surface area contributed by atoms with E-state index in [-0.39, 0.29) is 5.69 Å². The third-order valence-corrected chi connectivity index (χ3v) is 5.06. The van der Waals surface area contributed by atoms with Gasteiger partial charge in [-0.3, -0.25) is 14.9 Å². The number of nitrogens with zero attached hydrogens (tertiary/aromatic N) is 2. The van der Waals surface area contributed by atoms with Gasteiger partial charge in [-0.1, -0.05) is 11.6 Å². The van der Waals surface area contributed by atoms with Gasteiger partial charge in [0.15, 0.2) is 0 Å². The summed E-state index contributed by atoms with van der Waals surface area (Å²) >= 11 is 8.17. The Morgan fingerprint density at radius 2 is 1.96 bits per heavy atom. The third-order valence-electron chi connectivity index (χ3n) is 4.06. The maximum absolute atomic E-state index is 12.5. The molecule has 2 aromatic carbocycles. The van der Waals surface area contributed by atoms with E-state index in [1.807, 2.05) is 4.90 Å². The van der Waals surface area contributed by atoms with Crippen molar-refractivity contribution < 1.29 is 9.72 Å². The SMILES string of the molecule is O=C(Nc1ccc(N2CCNCC2)c([N+](=O)[O-])c1)c1cc(I)ccc1Cl. The fourth-order valence-electron chi connectivity index (χ4n) is 2.79. The van der Waals surface area contributed by atoms with Gasteiger partial charge in [-0.05, 0) is 52.9 Å². The number of piperazine rings is 1. The molecule has 0 radical (unpaired) electrons. The fraction of sp³-hybridized carbons (Fsp3) is 0.235. The molecule has 7 nitrogen and oxygen atoms in total. The molecule has 0 aromatic heterocycles. The molecule has 3 rings (SSSR count). The molecule has 0 bridgehead atoms. The van der Waals surface area contributed by atoms with Crippen molar-refractivity contribution in [1.29, 1.82) is 0 Å². The monoisotopic (exact) mass is 486 g/mol. The molecule has 26 heavy (non-hydrogen) atoms. The third kappa shape index (κ3) is 4.25. The minimum Gasteiger partial charge on any atom is -0.363 e. The lowest BCUT2D eigenvalue weighted by atomic mass is 10.1. The lowest BCUT2D eigenvalue weighted by Crippen LogP contribution is -2.43. The maximum Gasteiger partial charge on any atom is 0.294 e. The summed E-state index contributed by atoms with van der Waals surface area (Å²) in [6.07, 6.45) is 0. The first kappa shape index (κ1) is 18.9. The van der Waals surface area contributed by atoms with Crippen molar-refractivity contribution in [3.8, 4) is 0 Å². The van der Waals surface area contributed by atoms with Gasteiger partial charge >= 0.3 is 0 Å². The van der Waals surface area contributed by atoms with Crippen LogP contribution < -0.4 is 15.5 Å². The van der Waals surface area contributed by atoms with E-state index in [0.29, 0.717) is 35.1 Å². The van der Waals surface area contributed by atoms with Gasteiger partial charge in [0, 0.05) is 41.5 Å². The molecular weight excluding hydrogens is 471 g/mol. The summed E-state index contributed by atoms with van der Waals surface area (Å²) in [4.78, 5) is 25.5. The van der Waals surface area contributed by atoms with Gasteiger partial charge in [0.25, 0.3) is 11.6 Å². The average molecular weight is 487 g/mol. The summed E-state index contributed by atoms with van der Waals surface area (Å²) in [6.45, 7) is 2.96. The van der Waals surface area contributed by atoms with Crippen LogP contribution >= 0.6 is 34.2 Å². The summed E-state index contributed by atoms with van der Waals surface area (Å²) in [6, 6.07) is 9.85. The number of hydrogen-bond acceptors (Lipinski definition) is 5. The quantitative estimate of drug-likeness (QED) is 0.392. The van der Waals surface area contributed by atoms with E-state index in [1.54, 1.807) is 30.3 Å². The Balaban J connectivity index is 1.86. The van der Waals surface area contributed by atoms with Crippen molar-refractivity contribution in [2.24, 2.45) is 0 Å². The number of halogens is 2. The molecule has 2 N–H and O–H groups in total. The number of rotatable bonds is 4. The number of nitro benzene ring substituents is 1. The minimum atomic E-state index is -0.425. The molecule has 1 saturated heterocycles. The number of hydrogen-bond donors (Lipinski definition) is 2. The van der Waals surface area contributed by atoms with E-state index >= 15 is 0 Å². The van der Waals surface area contributed by atoms with Gasteiger partial charge in [0.2, 0.25) is 0 Å². The largest absolute Gasteiger partial charge is 0.363 e. The van der Waals surface area contributed by atoms with E-state index < -0.39 is 10.8 Å². The van der Waals surface area contributed by atoms with Crippen LogP contribution in [-0.2, 0) is 0 Å². The number of carbonyl (C=O) groups excluding carboxylic acids is 1. The molecule has 1 fully saturated rings. The zero-order valence-corrected chi connectivity index (χ0v) is 16.6. The van der Waals surface area contributed by atoms with E-state index in [2.05, 4.69) is 33.2 Å². The Hall–Kier alpha value is -1.91. The first-order valence-corrected chi connectivity index (χ1v) is 9.42. The standard InChI is InChI=1S/C17H16ClIN4O3/c18-14-3-1-11(19)9-13(14)17(24)21-12-2-4-15(16(10-12)23(25)26)22-7-5-20-6-8-22/h1-4,9-10,20H,5-8H2,(H,21,24). The first-order chi connectivity index (χ1) is 12.5. The average Bonchev–Trinajstić information content (AvgIpc) is 2.64. The fourth-order valence-corrected chi connectivity index (χ4v) is 3.49. The predicted molar refractivity (Wildman–Crippen MR) is 110 cm³/mol. The van der Waals surface area contributed by atoms with Crippen molar-refractivity contribution in [2.75, 3.05) is 36.4 Å². The van der Waals surface area contributed by atoms with Crippen LogP contribution in [0.15, 0.2) is 36.4 Å². The molecule has 1 heterocycles. The summed E-state index contributed by atoms with van der Waals surface area (Å²) in [7, 11) is 0. The number of carbonyl (C=O) groups is 1. The minimum absolute atomic E-state index is 0.0292. The highest BCUT2D eigenvalue weighted by Gasteiger charge is 2.22. The second kappa shape index (κ2) is 8.19. The first-order valence-electron chi connectivity index (χ1n) is 7.96. The molecule has 9 heteroatoms. The molecule has 136 valence electrons. The second-order valence-electron chi connectivity index (χ2n) is 5.78. The normalized spacial score (nSPS) is 14.2. The number of nitrogens with one attached hydrogen (secondary N) is 2. The van der Waals surface area contributed by atoms with Crippen molar-refractivity contribution in [3.05, 3.63) is 60.7 Å². The van der Waals surface area contributed by atoms with Gasteiger partial charge in [-0.25, -0.2) is 0 Å². The second-order valence-corrected chi connectivity index (χ2v) is 7.43. The molecule has 0 saturated carbocycles. The van der Waals surface area contributed by atoms with Crippen molar-refractivity contribution >= 4 is 57.2 Å². The van der Waals surface area contributed by atoms with E-state index in [4.69, 9.17) is 11.6 Å². The number of anilines is 2. The van der Waals surface area contributed by atoms with Crippen LogP contribution in [0.3, 0.4) is 0 Å². The highest BCUT2D eigenvalue weighted by molar-refractivity contribution is 14.1. The Labute approximate surface area is 169 Å². The smallest absolute Gasteiger partial charge is 0.294 e. The molecule has 0 spiro atoms. The molecule has 0 unspecified atom stereocenters. The number of amides is 1. The topological polar surface area (TPSA) is 87.5 Å². The van der Waals surface area contributed by atoms with Crippen LogP contribution in [0.1, 0.15) is 10.4 Å². The molecule has 1 aliphatic rings. The van der Waals surface area contributed by atoms with Crippen molar-refractivity contribution in [1.82, 2.24) is 5.32 Å². The lowest BCUT2D eigenvalue weighted by Gasteiger charge is -2.29. The predicted octanol–water partition coefficient (Wildman–Crippen LogP) is 3.51. The molecular formula is C17H16ClIN4O3. The van der Waals surface area contributed by atoms with Crippen LogP contribution in [0.25, 0.3) is 0 Å². The summed E-state index contributed by atoms with van der Waals surface area (Å²) < 4.78 is 0.872. The van der Waals surface area contributed by atoms with E-state index in [9.17, 15) is 14.9 Å². The van der Waals surface area contributed by atoms with E-state index in [0.717, 1.165) is 16.7 Å². The van der Waals surface area contributed by atoms with Crippen molar-refractivity contribution in [2.45, 2.75) is 0 Å². The van der Waals surface area contributed by atoms with Crippen LogP contribution in [-0.4, -0.2) is 37.0 Å². The Kier molecular flexibility index (Phi) is 5.94. The zero-order valence-electron chi connectivity index (χ0n) is 13.7. The summed E-state index contributed by atoms with van der Waals surface area (Å²) in [5.74, 6) is -0.405. The molecule has 0 atom stereocenters. The van der Waals surface area contributed by atoms with E-state index in [1.165, 1.54) is 6.07 Å². The van der Waals surface area contributed by atoms with Crippen LogP contribution in [0.5, 0.6) is 0 Å². The maximum atomic E-state index is 12.5. The Morgan fingerprint density at radius 1 is 1.23 bits per heavy atom. The summed E-state index contributed by atoms with van der Waals surface area (Å²) in [5, 5.41) is 17.7. The lowest BCUT2D eigenvalue weighted by molar-refractivity contribution is -0.384. The van der Waals surface area contributed by atoms with Gasteiger partial charge in [0.1, 0.15) is 5.69 Å². The van der Waals surface area contributed by atoms with Gasteiger partial charge in [-0.15, -0.1) is 0 Å². The highest BCUT2D eigenvalue weighted by Crippen LogP contribution is 2.32.